The Balaban J connectivity index is 1.75. The van der Waals surface area contributed by atoms with Crippen LogP contribution in [0.25, 0.3) is 0 Å². The van der Waals surface area contributed by atoms with Gasteiger partial charge in [0.2, 0.25) is 0 Å². The average molecular weight is 152 g/mol. The second kappa shape index (κ2) is 2.62. The summed E-state index contributed by atoms with van der Waals surface area (Å²) >= 11 is 0. The van der Waals surface area contributed by atoms with Gasteiger partial charge in [0.25, 0.3) is 0 Å². The van der Waals surface area contributed by atoms with Gasteiger partial charge in [0, 0.05) is 12.6 Å². The largest absolute Gasteiger partial charge is 0.327 e. The zero-order valence-electron chi connectivity index (χ0n) is 6.35. The molecule has 1 aliphatic carbocycles. The zero-order valence-corrected chi connectivity index (χ0v) is 6.35. The minimum Gasteiger partial charge on any atom is -0.327 e. The number of nitrogens with zero attached hydrogens (tertiary/aromatic N) is 3. The molecule has 0 amide bonds. The predicted molar refractivity (Wildman–Crippen MR) is 40.7 cm³/mol. The molecule has 1 aliphatic rings. The lowest BCUT2D eigenvalue weighted by molar-refractivity contribution is 0.538. The molecule has 1 fully saturated rings. The minimum absolute atomic E-state index is 0.457. The molecule has 2 atom stereocenters. The summed E-state index contributed by atoms with van der Waals surface area (Å²) in [6, 6.07) is 0.457. The summed E-state index contributed by atoms with van der Waals surface area (Å²) in [5.74, 6) is 0.735. The Kier molecular flexibility index (Phi) is 1.62. The lowest BCUT2D eigenvalue weighted by atomic mass is 10.3. The van der Waals surface area contributed by atoms with Gasteiger partial charge in [-0.1, -0.05) is 0 Å². The van der Waals surface area contributed by atoms with Crippen molar-refractivity contribution >= 4 is 0 Å². The molecule has 0 bridgehead atoms. The summed E-state index contributed by atoms with van der Waals surface area (Å²) in [5.41, 5.74) is 5.66. The van der Waals surface area contributed by atoms with Crippen LogP contribution in [-0.2, 0) is 6.54 Å². The molecule has 1 aromatic heterocycles. The summed E-state index contributed by atoms with van der Waals surface area (Å²) in [6.07, 6.45) is 5.64. The first-order valence-corrected chi connectivity index (χ1v) is 3.94. The van der Waals surface area contributed by atoms with Crippen LogP contribution in [-0.4, -0.2) is 20.8 Å². The van der Waals surface area contributed by atoms with E-state index in [-0.39, 0.29) is 0 Å². The van der Waals surface area contributed by atoms with Crippen molar-refractivity contribution in [2.75, 3.05) is 0 Å². The Labute approximate surface area is 65.4 Å². The van der Waals surface area contributed by atoms with Crippen LogP contribution in [0.4, 0.5) is 0 Å². The molecule has 0 saturated heterocycles. The lowest BCUT2D eigenvalue weighted by Gasteiger charge is -1.97. The van der Waals surface area contributed by atoms with E-state index in [1.165, 1.54) is 6.42 Å². The molecule has 1 heterocycles. The summed E-state index contributed by atoms with van der Waals surface area (Å²) in [5, 5.41) is 4.01. The summed E-state index contributed by atoms with van der Waals surface area (Å²) < 4.78 is 1.85. The molecule has 0 aromatic carbocycles. The van der Waals surface area contributed by atoms with Crippen LogP contribution in [0.2, 0.25) is 0 Å². The predicted octanol–water partition coefficient (Wildman–Crippen LogP) is 0.0154. The van der Waals surface area contributed by atoms with Crippen LogP contribution in [0.15, 0.2) is 12.7 Å². The SMILES string of the molecule is NC1CC1CCn1cncn1. The van der Waals surface area contributed by atoms with Gasteiger partial charge in [-0.3, -0.25) is 4.68 Å². The van der Waals surface area contributed by atoms with Gasteiger partial charge >= 0.3 is 0 Å². The van der Waals surface area contributed by atoms with E-state index < -0.39 is 0 Å². The third-order valence-corrected chi connectivity index (χ3v) is 2.17. The summed E-state index contributed by atoms with van der Waals surface area (Å²) in [7, 11) is 0. The van der Waals surface area contributed by atoms with E-state index in [4.69, 9.17) is 5.73 Å². The van der Waals surface area contributed by atoms with E-state index in [0.29, 0.717) is 6.04 Å². The van der Waals surface area contributed by atoms with Crippen molar-refractivity contribution in [1.29, 1.82) is 0 Å². The van der Waals surface area contributed by atoms with Gasteiger partial charge in [-0.25, -0.2) is 4.98 Å². The maximum Gasteiger partial charge on any atom is 0.137 e. The van der Waals surface area contributed by atoms with Crippen LogP contribution >= 0.6 is 0 Å². The second-order valence-electron chi connectivity index (χ2n) is 3.11. The smallest absolute Gasteiger partial charge is 0.137 e. The molecule has 0 aliphatic heterocycles. The fourth-order valence-electron chi connectivity index (χ4n) is 1.25. The molecule has 4 nitrogen and oxygen atoms in total. The van der Waals surface area contributed by atoms with Crippen LogP contribution in [0.3, 0.4) is 0 Å². The number of aromatic nitrogens is 3. The van der Waals surface area contributed by atoms with E-state index in [9.17, 15) is 0 Å². The van der Waals surface area contributed by atoms with Gasteiger partial charge in [0.15, 0.2) is 0 Å². The van der Waals surface area contributed by atoms with Gasteiger partial charge in [0.05, 0.1) is 0 Å². The number of hydrogen-bond acceptors (Lipinski definition) is 3. The minimum atomic E-state index is 0.457. The summed E-state index contributed by atoms with van der Waals surface area (Å²) in [4.78, 5) is 3.86. The first-order valence-electron chi connectivity index (χ1n) is 3.94. The third kappa shape index (κ3) is 1.57. The Hall–Kier alpha value is -0.900. The van der Waals surface area contributed by atoms with Crippen LogP contribution < -0.4 is 5.73 Å². The molecule has 11 heavy (non-hydrogen) atoms. The standard InChI is InChI=1S/C7H12N4/c8-7-3-6(7)1-2-11-5-9-4-10-11/h4-7H,1-3,8H2. The highest BCUT2D eigenvalue weighted by Crippen LogP contribution is 2.31. The Bertz CT molecular complexity index is 218. The van der Waals surface area contributed by atoms with Crippen LogP contribution in [0, 0.1) is 5.92 Å². The molecule has 60 valence electrons. The highest BCUT2D eigenvalue weighted by Gasteiger charge is 2.32. The molecule has 2 N–H and O–H groups in total. The fraction of sp³-hybridized carbons (Fsp3) is 0.714. The number of aryl methyl sites for hydroxylation is 1. The van der Waals surface area contributed by atoms with Crippen LogP contribution in [0.5, 0.6) is 0 Å². The molecular formula is C7H12N4. The molecular weight excluding hydrogens is 140 g/mol. The van der Waals surface area contributed by atoms with Crippen molar-refractivity contribution in [3.8, 4) is 0 Å². The second-order valence-corrected chi connectivity index (χ2v) is 3.11. The maximum absolute atomic E-state index is 5.66. The topological polar surface area (TPSA) is 56.7 Å². The number of nitrogens with two attached hydrogens (primary N) is 1. The van der Waals surface area contributed by atoms with Gasteiger partial charge in [-0.2, -0.15) is 5.10 Å². The van der Waals surface area contributed by atoms with Crippen molar-refractivity contribution < 1.29 is 0 Å². The third-order valence-electron chi connectivity index (χ3n) is 2.17. The Morgan fingerprint density at radius 2 is 2.45 bits per heavy atom. The first kappa shape index (κ1) is 6.79. The molecule has 4 heteroatoms. The highest BCUT2D eigenvalue weighted by atomic mass is 15.3. The zero-order chi connectivity index (χ0) is 7.68. The molecule has 2 rings (SSSR count). The number of hydrogen-bond donors (Lipinski definition) is 1. The Morgan fingerprint density at radius 3 is 3.00 bits per heavy atom. The van der Waals surface area contributed by atoms with Crippen LogP contribution in [0.1, 0.15) is 12.8 Å². The van der Waals surface area contributed by atoms with E-state index in [0.717, 1.165) is 18.9 Å². The van der Waals surface area contributed by atoms with Crippen molar-refractivity contribution in [1.82, 2.24) is 14.8 Å². The van der Waals surface area contributed by atoms with Crippen molar-refractivity contribution in [2.24, 2.45) is 11.7 Å². The lowest BCUT2D eigenvalue weighted by Crippen LogP contribution is -2.05. The van der Waals surface area contributed by atoms with Gasteiger partial charge in [-0.15, -0.1) is 0 Å². The monoisotopic (exact) mass is 152 g/mol. The highest BCUT2D eigenvalue weighted by molar-refractivity contribution is 4.89. The van der Waals surface area contributed by atoms with Crippen molar-refractivity contribution in [3.63, 3.8) is 0 Å². The van der Waals surface area contributed by atoms with Crippen molar-refractivity contribution in [2.45, 2.75) is 25.4 Å². The van der Waals surface area contributed by atoms with E-state index in [2.05, 4.69) is 10.1 Å². The normalized spacial score (nSPS) is 28.8. The molecule has 0 spiro atoms. The molecule has 1 aromatic rings. The van der Waals surface area contributed by atoms with Gasteiger partial charge in [-0.05, 0) is 18.8 Å². The van der Waals surface area contributed by atoms with E-state index in [1.807, 2.05) is 4.68 Å². The van der Waals surface area contributed by atoms with Crippen molar-refractivity contribution in [3.05, 3.63) is 12.7 Å². The fourth-order valence-corrected chi connectivity index (χ4v) is 1.25. The van der Waals surface area contributed by atoms with Gasteiger partial charge in [0.1, 0.15) is 12.7 Å². The van der Waals surface area contributed by atoms with E-state index in [1.54, 1.807) is 12.7 Å². The number of rotatable bonds is 3. The molecule has 2 unspecified atom stereocenters. The average Bonchev–Trinajstić information content (AvgIpc) is 2.55. The summed E-state index contributed by atoms with van der Waals surface area (Å²) in [6.45, 7) is 0.957. The quantitative estimate of drug-likeness (QED) is 0.664. The first-order chi connectivity index (χ1) is 5.36. The maximum atomic E-state index is 5.66. The Morgan fingerprint density at radius 1 is 1.64 bits per heavy atom. The van der Waals surface area contributed by atoms with Gasteiger partial charge < -0.3 is 5.73 Å². The molecule has 1 saturated carbocycles. The molecule has 0 radical (unpaired) electrons. The van der Waals surface area contributed by atoms with E-state index >= 15 is 0 Å².